The lowest BCUT2D eigenvalue weighted by atomic mass is 9.88. The number of imidazole rings is 1. The highest BCUT2D eigenvalue weighted by Crippen LogP contribution is 2.24. The number of aromatic amines is 1. The maximum absolute atomic E-state index is 12.8. The quantitative estimate of drug-likeness (QED) is 0.739. The van der Waals surface area contributed by atoms with Crippen molar-refractivity contribution in [3.05, 3.63) is 24.3 Å². The van der Waals surface area contributed by atoms with Crippen LogP contribution in [0.25, 0.3) is 11.0 Å². The van der Waals surface area contributed by atoms with E-state index >= 15 is 0 Å². The highest BCUT2D eigenvalue weighted by Gasteiger charge is 2.27. The number of fused-ring (bicyclic) bond motifs is 1. The van der Waals surface area contributed by atoms with E-state index in [4.69, 9.17) is 0 Å². The molecular weight excluding hydrogens is 328 g/mol. The Morgan fingerprint density at radius 2 is 1.92 bits per heavy atom. The maximum Gasteiger partial charge on any atom is 0.249 e. The average molecular weight is 356 g/mol. The van der Waals surface area contributed by atoms with Crippen molar-refractivity contribution in [2.24, 2.45) is 11.8 Å². The number of anilines is 1. The van der Waals surface area contributed by atoms with Crippen LogP contribution < -0.4 is 10.6 Å². The zero-order valence-corrected chi connectivity index (χ0v) is 15.5. The molecule has 2 aromatic rings. The molecule has 3 N–H and O–H groups in total. The maximum atomic E-state index is 12.8. The van der Waals surface area contributed by atoms with Gasteiger partial charge in [-0.25, -0.2) is 4.98 Å². The predicted molar refractivity (Wildman–Crippen MR) is 103 cm³/mol. The first kappa shape index (κ1) is 18.4. The number of rotatable bonds is 6. The summed E-state index contributed by atoms with van der Waals surface area (Å²) in [7, 11) is 0. The summed E-state index contributed by atoms with van der Waals surface area (Å²) < 4.78 is 0. The normalized spacial score (nSPS) is 16.6. The minimum atomic E-state index is -0.544. The average Bonchev–Trinajstić information content (AvgIpc) is 3.03. The summed E-state index contributed by atoms with van der Waals surface area (Å²) in [5, 5.41) is 5.80. The molecule has 0 bridgehead atoms. The minimum absolute atomic E-state index is 0.00936. The Kier molecular flexibility index (Phi) is 5.91. The number of hydrogen-bond donors (Lipinski definition) is 3. The molecule has 1 aromatic heterocycles. The summed E-state index contributed by atoms with van der Waals surface area (Å²) in [4.78, 5) is 32.8. The Morgan fingerprint density at radius 3 is 2.62 bits per heavy atom. The molecule has 1 heterocycles. The van der Waals surface area contributed by atoms with Gasteiger partial charge in [0.2, 0.25) is 17.8 Å². The van der Waals surface area contributed by atoms with Gasteiger partial charge in [-0.3, -0.25) is 14.9 Å². The van der Waals surface area contributed by atoms with Gasteiger partial charge in [0.15, 0.2) is 0 Å². The van der Waals surface area contributed by atoms with E-state index in [1.165, 1.54) is 6.42 Å². The van der Waals surface area contributed by atoms with Crippen LogP contribution in [-0.4, -0.2) is 27.8 Å². The van der Waals surface area contributed by atoms with Crippen LogP contribution in [0.1, 0.15) is 52.4 Å². The molecule has 0 saturated heterocycles. The van der Waals surface area contributed by atoms with E-state index in [0.717, 1.165) is 36.7 Å². The number of amides is 2. The number of carbonyl (C=O) groups excluding carboxylic acids is 2. The first-order valence-corrected chi connectivity index (χ1v) is 9.59. The van der Waals surface area contributed by atoms with Crippen molar-refractivity contribution >= 4 is 28.8 Å². The molecule has 3 rings (SSSR count). The summed E-state index contributed by atoms with van der Waals surface area (Å²) in [5.74, 6) is 0.541. The van der Waals surface area contributed by atoms with Crippen molar-refractivity contribution in [1.29, 1.82) is 0 Å². The standard InChI is InChI=1S/C20H28N4O2/c1-13(2)12-17(21-18(25)14-8-4-3-5-9-14)19(26)24-20-22-15-10-6-7-11-16(15)23-20/h6-7,10-11,13-14,17H,3-5,8-9,12H2,1-2H3,(H,21,25)(H2,22,23,24,26)/t17-/m0/s1. The van der Waals surface area contributed by atoms with Crippen LogP contribution in [0, 0.1) is 11.8 Å². The topological polar surface area (TPSA) is 86.9 Å². The largest absolute Gasteiger partial charge is 0.344 e. The van der Waals surface area contributed by atoms with Gasteiger partial charge in [-0.1, -0.05) is 45.2 Å². The van der Waals surface area contributed by atoms with E-state index in [1.54, 1.807) is 0 Å². The number of nitrogens with zero attached hydrogens (tertiary/aromatic N) is 1. The number of benzene rings is 1. The van der Waals surface area contributed by atoms with E-state index in [-0.39, 0.29) is 17.7 Å². The molecule has 0 radical (unpaired) electrons. The molecule has 0 spiro atoms. The Morgan fingerprint density at radius 1 is 1.19 bits per heavy atom. The van der Waals surface area contributed by atoms with Gasteiger partial charge in [-0.05, 0) is 37.3 Å². The molecule has 0 aliphatic heterocycles. The second kappa shape index (κ2) is 8.34. The van der Waals surface area contributed by atoms with Crippen molar-refractivity contribution in [2.45, 2.75) is 58.4 Å². The van der Waals surface area contributed by atoms with Gasteiger partial charge in [0.1, 0.15) is 6.04 Å². The monoisotopic (exact) mass is 356 g/mol. The first-order chi connectivity index (χ1) is 12.5. The smallest absolute Gasteiger partial charge is 0.249 e. The molecule has 0 unspecified atom stereocenters. The lowest BCUT2D eigenvalue weighted by Gasteiger charge is -2.25. The van der Waals surface area contributed by atoms with Crippen molar-refractivity contribution in [1.82, 2.24) is 15.3 Å². The number of para-hydroxylation sites is 2. The number of hydrogen-bond acceptors (Lipinski definition) is 3. The third-order valence-corrected chi connectivity index (χ3v) is 4.95. The van der Waals surface area contributed by atoms with Gasteiger partial charge in [-0.15, -0.1) is 0 Å². The molecule has 1 fully saturated rings. The van der Waals surface area contributed by atoms with E-state index in [0.29, 0.717) is 18.3 Å². The number of aromatic nitrogens is 2. The van der Waals surface area contributed by atoms with E-state index in [1.807, 2.05) is 38.1 Å². The molecule has 1 saturated carbocycles. The van der Waals surface area contributed by atoms with Crippen LogP contribution in [-0.2, 0) is 9.59 Å². The van der Waals surface area contributed by atoms with Crippen molar-refractivity contribution in [3.63, 3.8) is 0 Å². The SMILES string of the molecule is CC(C)C[C@H](NC(=O)C1CCCCC1)C(=O)Nc1nc2ccccc2[nH]1. The molecule has 26 heavy (non-hydrogen) atoms. The van der Waals surface area contributed by atoms with Crippen molar-refractivity contribution in [2.75, 3.05) is 5.32 Å². The number of H-pyrrole nitrogens is 1. The van der Waals surface area contributed by atoms with Gasteiger partial charge in [0.25, 0.3) is 0 Å². The predicted octanol–water partition coefficient (Wildman–Crippen LogP) is 3.61. The first-order valence-electron chi connectivity index (χ1n) is 9.59. The zero-order valence-electron chi connectivity index (χ0n) is 15.5. The fraction of sp³-hybridized carbons (Fsp3) is 0.550. The van der Waals surface area contributed by atoms with Crippen LogP contribution in [0.2, 0.25) is 0 Å². The molecule has 2 amide bonds. The number of nitrogens with one attached hydrogen (secondary N) is 3. The molecule has 140 valence electrons. The van der Waals surface area contributed by atoms with E-state index < -0.39 is 6.04 Å². The summed E-state index contributed by atoms with van der Waals surface area (Å²) >= 11 is 0. The Hall–Kier alpha value is -2.37. The third-order valence-electron chi connectivity index (χ3n) is 4.95. The Labute approximate surface area is 154 Å². The highest BCUT2D eigenvalue weighted by molar-refractivity contribution is 5.97. The Bertz CT molecular complexity index is 729. The molecule has 6 nitrogen and oxygen atoms in total. The Balaban J connectivity index is 1.67. The fourth-order valence-corrected chi connectivity index (χ4v) is 3.57. The van der Waals surface area contributed by atoms with Crippen LogP contribution >= 0.6 is 0 Å². The fourth-order valence-electron chi connectivity index (χ4n) is 3.57. The zero-order chi connectivity index (χ0) is 18.5. The minimum Gasteiger partial charge on any atom is -0.344 e. The highest BCUT2D eigenvalue weighted by atomic mass is 16.2. The second-order valence-corrected chi connectivity index (χ2v) is 7.62. The molecule has 1 atom stereocenters. The summed E-state index contributed by atoms with van der Waals surface area (Å²) in [6, 6.07) is 7.07. The van der Waals surface area contributed by atoms with Crippen molar-refractivity contribution in [3.8, 4) is 0 Å². The van der Waals surface area contributed by atoms with Crippen LogP contribution in [0.3, 0.4) is 0 Å². The molecule has 6 heteroatoms. The summed E-state index contributed by atoms with van der Waals surface area (Å²) in [5.41, 5.74) is 1.67. The summed E-state index contributed by atoms with van der Waals surface area (Å²) in [6.45, 7) is 4.10. The van der Waals surface area contributed by atoms with Crippen LogP contribution in [0.15, 0.2) is 24.3 Å². The van der Waals surface area contributed by atoms with Gasteiger partial charge in [0.05, 0.1) is 11.0 Å². The molecular formula is C20H28N4O2. The summed E-state index contributed by atoms with van der Waals surface area (Å²) in [6.07, 6.45) is 5.84. The lowest BCUT2D eigenvalue weighted by molar-refractivity contribution is -0.130. The van der Waals surface area contributed by atoms with Gasteiger partial charge < -0.3 is 10.3 Å². The molecule has 1 aliphatic carbocycles. The van der Waals surface area contributed by atoms with E-state index in [9.17, 15) is 9.59 Å². The molecule has 1 aliphatic rings. The van der Waals surface area contributed by atoms with Crippen molar-refractivity contribution < 1.29 is 9.59 Å². The lowest BCUT2D eigenvalue weighted by Crippen LogP contribution is -2.47. The number of carbonyl (C=O) groups is 2. The van der Waals surface area contributed by atoms with E-state index in [2.05, 4.69) is 20.6 Å². The third kappa shape index (κ3) is 4.62. The molecule has 1 aromatic carbocycles. The van der Waals surface area contributed by atoms with Gasteiger partial charge >= 0.3 is 0 Å². The van der Waals surface area contributed by atoms with Crippen LogP contribution in [0.5, 0.6) is 0 Å². The van der Waals surface area contributed by atoms with Crippen LogP contribution in [0.4, 0.5) is 5.95 Å². The van der Waals surface area contributed by atoms with Gasteiger partial charge in [0, 0.05) is 5.92 Å². The second-order valence-electron chi connectivity index (χ2n) is 7.62. The van der Waals surface area contributed by atoms with Gasteiger partial charge in [-0.2, -0.15) is 0 Å².